The van der Waals surface area contributed by atoms with Gasteiger partial charge in [0.2, 0.25) is 5.91 Å². The number of hydrogen-bond donors (Lipinski definition) is 1. The zero-order valence-corrected chi connectivity index (χ0v) is 38.4. The average molecular weight is 789 g/mol. The normalized spacial score (nSPS) is 17.3. The lowest BCUT2D eigenvalue weighted by atomic mass is 9.86. The van der Waals surface area contributed by atoms with E-state index in [1.54, 1.807) is 0 Å². The van der Waals surface area contributed by atoms with Crippen LogP contribution < -0.4 is 5.32 Å². The summed E-state index contributed by atoms with van der Waals surface area (Å²) in [7, 11) is 0. The minimum Gasteiger partial charge on any atom is -0.463 e. The SMILES string of the molecule is CCCCCCCC/C=C\CCCCCCCC(=O)N[C@@H](COC(=O)CCCN(CCC)CCC)[C@@H]1OC(C)(C)C[C@@H]1CCCCCCCCCCCCCC. The van der Waals surface area contributed by atoms with Crippen LogP contribution in [-0.4, -0.2) is 60.8 Å². The van der Waals surface area contributed by atoms with Gasteiger partial charge >= 0.3 is 5.97 Å². The van der Waals surface area contributed by atoms with Crippen LogP contribution in [0.1, 0.15) is 247 Å². The third-order valence-corrected chi connectivity index (χ3v) is 11.9. The zero-order valence-electron chi connectivity index (χ0n) is 38.4. The highest BCUT2D eigenvalue weighted by Crippen LogP contribution is 2.39. The number of ether oxygens (including phenoxy) is 2. The molecule has 3 atom stereocenters. The minimum atomic E-state index is -0.310. The molecule has 0 bridgehead atoms. The van der Waals surface area contributed by atoms with Gasteiger partial charge in [0.25, 0.3) is 0 Å². The standard InChI is InChI=1S/C50H96N2O4/c1-7-11-13-15-17-19-21-23-24-25-27-29-31-33-35-38-47(53)51-46(44-55-48(54)39-36-42-52(40-9-3)41-10-4)49-45(43-50(5,6)56-49)37-34-32-30-28-26-22-20-18-16-14-12-8-2/h23-24,45-46,49H,7-22,25-44H2,1-6H3,(H,51,53)/b24-23-/t45-,46-,49+/m0/s1. The summed E-state index contributed by atoms with van der Waals surface area (Å²) in [6.07, 6.45) is 43.0. The molecule has 1 amide bonds. The molecule has 0 spiro atoms. The molecule has 1 saturated heterocycles. The molecule has 1 aliphatic heterocycles. The van der Waals surface area contributed by atoms with Crippen LogP contribution >= 0.6 is 0 Å². The molecule has 6 nitrogen and oxygen atoms in total. The van der Waals surface area contributed by atoms with Gasteiger partial charge in [-0.3, -0.25) is 9.59 Å². The molecule has 1 heterocycles. The largest absolute Gasteiger partial charge is 0.463 e. The molecule has 0 aromatic carbocycles. The van der Waals surface area contributed by atoms with E-state index in [0.717, 1.165) is 64.6 Å². The van der Waals surface area contributed by atoms with Crippen LogP contribution in [0.3, 0.4) is 0 Å². The van der Waals surface area contributed by atoms with E-state index in [-0.39, 0.29) is 36.2 Å². The van der Waals surface area contributed by atoms with Crippen molar-refractivity contribution in [3.8, 4) is 0 Å². The number of hydrogen-bond acceptors (Lipinski definition) is 5. The number of nitrogens with one attached hydrogen (secondary N) is 1. The van der Waals surface area contributed by atoms with Gasteiger partial charge in [-0.2, -0.15) is 0 Å². The van der Waals surface area contributed by atoms with Gasteiger partial charge in [0.15, 0.2) is 0 Å². The number of esters is 1. The molecule has 330 valence electrons. The first kappa shape index (κ1) is 52.6. The van der Waals surface area contributed by atoms with E-state index in [9.17, 15) is 9.59 Å². The quantitative estimate of drug-likeness (QED) is 0.0380. The fourth-order valence-corrected chi connectivity index (χ4v) is 8.71. The van der Waals surface area contributed by atoms with Crippen molar-refractivity contribution in [2.45, 2.75) is 265 Å². The zero-order chi connectivity index (χ0) is 41.0. The first-order chi connectivity index (χ1) is 27.3. The molecular formula is C50H96N2O4. The average Bonchev–Trinajstić information content (AvgIpc) is 3.49. The maximum atomic E-state index is 13.4. The summed E-state index contributed by atoms with van der Waals surface area (Å²) < 4.78 is 12.6. The Hall–Kier alpha value is -1.40. The summed E-state index contributed by atoms with van der Waals surface area (Å²) in [5, 5.41) is 3.33. The van der Waals surface area contributed by atoms with Crippen LogP contribution in [0.5, 0.6) is 0 Å². The van der Waals surface area contributed by atoms with Crippen molar-refractivity contribution < 1.29 is 19.1 Å². The van der Waals surface area contributed by atoms with Gasteiger partial charge < -0.3 is 19.7 Å². The Morgan fingerprint density at radius 1 is 0.625 bits per heavy atom. The Labute approximate surface area is 349 Å². The topological polar surface area (TPSA) is 67.9 Å². The van der Waals surface area contributed by atoms with E-state index in [0.29, 0.717) is 18.8 Å². The number of amides is 1. The summed E-state index contributed by atoms with van der Waals surface area (Å²) in [6.45, 7) is 16.6. The lowest BCUT2D eigenvalue weighted by molar-refractivity contribution is -0.147. The maximum absolute atomic E-state index is 13.4. The molecule has 0 aromatic rings. The monoisotopic (exact) mass is 789 g/mol. The lowest BCUT2D eigenvalue weighted by Gasteiger charge is -2.29. The van der Waals surface area contributed by atoms with Crippen molar-refractivity contribution in [1.29, 1.82) is 0 Å². The Kier molecular flexibility index (Phi) is 34.4. The summed E-state index contributed by atoms with van der Waals surface area (Å²) >= 11 is 0. The first-order valence-electron chi connectivity index (χ1n) is 24.8. The van der Waals surface area contributed by atoms with Crippen molar-refractivity contribution in [3.63, 3.8) is 0 Å². The van der Waals surface area contributed by atoms with Crippen LogP contribution in [-0.2, 0) is 19.1 Å². The second kappa shape index (κ2) is 36.7. The van der Waals surface area contributed by atoms with Crippen molar-refractivity contribution in [2.75, 3.05) is 26.2 Å². The van der Waals surface area contributed by atoms with Gasteiger partial charge in [-0.1, -0.05) is 168 Å². The van der Waals surface area contributed by atoms with Crippen molar-refractivity contribution >= 4 is 11.9 Å². The Morgan fingerprint density at radius 2 is 1.11 bits per heavy atom. The van der Waals surface area contributed by atoms with Crippen molar-refractivity contribution in [3.05, 3.63) is 12.2 Å². The second-order valence-electron chi connectivity index (χ2n) is 18.1. The molecule has 0 unspecified atom stereocenters. The molecule has 1 fully saturated rings. The van der Waals surface area contributed by atoms with Gasteiger partial charge in [0.05, 0.1) is 17.7 Å². The highest BCUT2D eigenvalue weighted by Gasteiger charge is 2.44. The highest BCUT2D eigenvalue weighted by molar-refractivity contribution is 5.76. The first-order valence-corrected chi connectivity index (χ1v) is 24.8. The number of nitrogens with zero attached hydrogens (tertiary/aromatic N) is 1. The third kappa shape index (κ3) is 29.8. The van der Waals surface area contributed by atoms with E-state index in [1.165, 1.54) is 148 Å². The summed E-state index contributed by atoms with van der Waals surface area (Å²) in [5.74, 6) is 0.258. The van der Waals surface area contributed by atoms with E-state index < -0.39 is 0 Å². The third-order valence-electron chi connectivity index (χ3n) is 11.9. The second-order valence-corrected chi connectivity index (χ2v) is 18.1. The summed E-state index contributed by atoms with van der Waals surface area (Å²) in [4.78, 5) is 28.8. The number of allylic oxidation sites excluding steroid dienone is 2. The minimum absolute atomic E-state index is 0.0656. The number of carbonyl (C=O) groups is 2. The van der Waals surface area contributed by atoms with E-state index in [2.05, 4.69) is 63.9 Å². The van der Waals surface area contributed by atoms with Crippen molar-refractivity contribution in [2.24, 2.45) is 5.92 Å². The lowest BCUT2D eigenvalue weighted by Crippen LogP contribution is -2.49. The van der Waals surface area contributed by atoms with Crippen molar-refractivity contribution in [1.82, 2.24) is 10.2 Å². The number of unbranched alkanes of at least 4 members (excludes halogenated alkanes) is 22. The molecule has 0 radical (unpaired) electrons. The molecule has 0 aromatic heterocycles. The predicted molar refractivity (Wildman–Crippen MR) is 241 cm³/mol. The number of rotatable bonds is 40. The van der Waals surface area contributed by atoms with Crippen LogP contribution in [0.2, 0.25) is 0 Å². The van der Waals surface area contributed by atoms with Crippen LogP contribution in [0, 0.1) is 5.92 Å². The maximum Gasteiger partial charge on any atom is 0.305 e. The molecule has 0 saturated carbocycles. The molecule has 1 N–H and O–H groups in total. The Bertz CT molecular complexity index is 930. The van der Waals surface area contributed by atoms with Crippen LogP contribution in [0.25, 0.3) is 0 Å². The van der Waals surface area contributed by atoms with Gasteiger partial charge in [-0.25, -0.2) is 0 Å². The van der Waals surface area contributed by atoms with Crippen LogP contribution in [0.4, 0.5) is 0 Å². The number of carbonyl (C=O) groups excluding carboxylic acids is 2. The Morgan fingerprint density at radius 3 is 1.62 bits per heavy atom. The molecular weight excluding hydrogens is 693 g/mol. The van der Waals surface area contributed by atoms with Gasteiger partial charge in [0, 0.05) is 12.8 Å². The molecule has 1 rings (SSSR count). The molecule has 1 aliphatic rings. The van der Waals surface area contributed by atoms with E-state index in [4.69, 9.17) is 9.47 Å². The summed E-state index contributed by atoms with van der Waals surface area (Å²) in [6, 6.07) is -0.310. The fourth-order valence-electron chi connectivity index (χ4n) is 8.71. The van der Waals surface area contributed by atoms with Gasteiger partial charge in [-0.15, -0.1) is 0 Å². The predicted octanol–water partition coefficient (Wildman–Crippen LogP) is 14.2. The van der Waals surface area contributed by atoms with E-state index in [1.807, 2.05) is 0 Å². The highest BCUT2D eigenvalue weighted by atomic mass is 16.5. The molecule has 0 aliphatic carbocycles. The summed E-state index contributed by atoms with van der Waals surface area (Å²) in [5.41, 5.74) is -0.245. The van der Waals surface area contributed by atoms with Crippen LogP contribution in [0.15, 0.2) is 12.2 Å². The molecule has 6 heteroatoms. The van der Waals surface area contributed by atoms with E-state index >= 15 is 0 Å². The smallest absolute Gasteiger partial charge is 0.305 e. The fraction of sp³-hybridized carbons (Fsp3) is 0.920. The van der Waals surface area contributed by atoms with Gasteiger partial charge in [-0.05, 0) is 104 Å². The Balaban J connectivity index is 2.57. The van der Waals surface area contributed by atoms with Gasteiger partial charge in [0.1, 0.15) is 6.61 Å². The molecule has 56 heavy (non-hydrogen) atoms.